The molecule has 67 heavy (non-hydrogen) atoms. The lowest BCUT2D eigenvalue weighted by molar-refractivity contribution is -0.141. The van der Waals surface area contributed by atoms with Crippen LogP contribution in [-0.4, -0.2) is 106 Å². The van der Waals surface area contributed by atoms with Gasteiger partial charge < -0.3 is 42.5 Å². The maximum atomic E-state index is 14.3. The number of hydrogen-bond donors (Lipinski definition) is 8. The third kappa shape index (κ3) is 17.1. The predicted octanol–water partition coefficient (Wildman–Crippen LogP) is 3.83. The largest absolute Gasteiger partial charge is 0.352 e. The Morgan fingerprint density at radius 2 is 1.39 bits per heavy atom. The molecule has 0 radical (unpaired) electrons. The van der Waals surface area contributed by atoms with Gasteiger partial charge in [0.25, 0.3) is 15.9 Å². The van der Waals surface area contributed by atoms with Gasteiger partial charge in [0.2, 0.25) is 29.5 Å². The first kappa shape index (κ1) is 57.3. The number of hydrogen-bond acceptors (Lipinski definition) is 10. The van der Waals surface area contributed by atoms with E-state index in [0.717, 1.165) is 5.56 Å². The number of anilines is 1. The van der Waals surface area contributed by atoms with Crippen molar-refractivity contribution in [2.45, 2.75) is 142 Å². The van der Waals surface area contributed by atoms with E-state index in [4.69, 9.17) is 5.73 Å². The molecule has 18 nitrogen and oxygen atoms in total. The van der Waals surface area contributed by atoms with Gasteiger partial charge in [0.05, 0.1) is 17.0 Å². The maximum Gasteiger partial charge on any atom is 0.312 e. The highest BCUT2D eigenvalue weighted by Crippen LogP contribution is 2.29. The van der Waals surface area contributed by atoms with Crippen molar-refractivity contribution in [1.29, 1.82) is 0 Å². The molecule has 19 heteroatoms. The number of likely N-dealkylation sites (N-methyl/N-ethyl adjacent to an activating group) is 2. The molecule has 2 unspecified atom stereocenters. The Bertz CT molecular complexity index is 2170. The number of carbonyl (C=O) groups is 7. The Hall–Kier alpha value is -5.82. The van der Waals surface area contributed by atoms with E-state index in [1.54, 1.807) is 27.9 Å². The molecule has 0 aliphatic heterocycles. The van der Waals surface area contributed by atoms with Crippen molar-refractivity contribution >= 4 is 57.2 Å². The highest BCUT2D eigenvalue weighted by molar-refractivity contribution is 7.90. The SMILES string of the molecule is CCCC(=O)NC(C(=O)N[C@@H](CCCNC(N)=O)C(=O)Nc1ccc(S(=O)(=O)NC(=O)/C(C)=C/[C@H](C(C)C)N(C)C(=O)C(NC(=O)[C@@H](NC)C(C)(C)c2ccccc2)C(C)(C)C)cc1)C(C)C. The van der Waals surface area contributed by atoms with E-state index in [2.05, 4.69) is 36.6 Å². The van der Waals surface area contributed by atoms with Crippen molar-refractivity contribution in [3.05, 3.63) is 71.8 Å². The molecule has 2 aromatic rings. The fourth-order valence-electron chi connectivity index (χ4n) is 7.43. The number of primary amides is 1. The van der Waals surface area contributed by atoms with Gasteiger partial charge in [0, 0.05) is 36.7 Å². The molecule has 0 aliphatic rings. The summed E-state index contributed by atoms with van der Waals surface area (Å²) in [5, 5.41) is 16.6. The molecular formula is C48H75N9O9S. The molecule has 0 bridgehead atoms. The molecule has 0 fully saturated rings. The van der Waals surface area contributed by atoms with Crippen LogP contribution in [0, 0.1) is 17.3 Å². The molecule has 372 valence electrons. The van der Waals surface area contributed by atoms with Crippen molar-refractivity contribution < 1.29 is 42.0 Å². The van der Waals surface area contributed by atoms with Crippen molar-refractivity contribution in [1.82, 2.24) is 36.2 Å². The Morgan fingerprint density at radius 1 is 0.791 bits per heavy atom. The van der Waals surface area contributed by atoms with Crippen LogP contribution in [0.1, 0.15) is 107 Å². The Labute approximate surface area is 397 Å². The molecular weight excluding hydrogens is 879 g/mol. The lowest BCUT2D eigenvalue weighted by Gasteiger charge is -2.40. The number of nitrogens with zero attached hydrogens (tertiary/aromatic N) is 1. The van der Waals surface area contributed by atoms with Crippen LogP contribution in [0.4, 0.5) is 10.5 Å². The molecule has 2 rings (SSSR count). The summed E-state index contributed by atoms with van der Waals surface area (Å²) in [5.41, 5.74) is 4.92. The summed E-state index contributed by atoms with van der Waals surface area (Å²) in [6, 6.07) is 9.46. The van der Waals surface area contributed by atoms with Crippen LogP contribution in [0.25, 0.3) is 0 Å². The number of rotatable bonds is 24. The molecule has 5 atom stereocenters. The van der Waals surface area contributed by atoms with Gasteiger partial charge in [-0.15, -0.1) is 0 Å². The normalized spacial score (nSPS) is 14.5. The monoisotopic (exact) mass is 954 g/mol. The lowest BCUT2D eigenvalue weighted by Crippen LogP contribution is -2.61. The van der Waals surface area contributed by atoms with Gasteiger partial charge in [-0.1, -0.05) is 106 Å². The standard InChI is InChI=1S/C48H75N9O9S/c1-14-19-37(58)54-38(30(4)5)43(61)53-35(22-18-27-51-46(49)64)42(60)52-33-23-25-34(26-24-33)67(65,66)56-41(59)31(6)28-36(29(2)3)57(13)45(63)40(47(7,8)9)55-44(62)39(50-12)48(10,11)32-20-16-15-17-21-32/h15-17,20-21,23-26,28-30,35-36,38-40,50H,14,18-19,22,27H2,1-13H3,(H,52,60)(H,53,61)(H,54,58)(H,55,62)(H,56,59)(H3,49,51,64)/b31-28+/t35-,36+,38?,39+,40?/m0/s1. The third-order valence-corrected chi connectivity index (χ3v) is 12.8. The van der Waals surface area contributed by atoms with E-state index in [1.807, 2.05) is 85.7 Å². The van der Waals surface area contributed by atoms with Gasteiger partial charge in [-0.3, -0.25) is 28.8 Å². The summed E-state index contributed by atoms with van der Waals surface area (Å²) in [6.45, 7) is 20.0. The van der Waals surface area contributed by atoms with E-state index in [0.29, 0.717) is 6.42 Å². The predicted molar refractivity (Wildman–Crippen MR) is 260 cm³/mol. The minimum absolute atomic E-state index is 0.0192. The Balaban J connectivity index is 2.27. The summed E-state index contributed by atoms with van der Waals surface area (Å²) in [7, 11) is -1.17. The lowest BCUT2D eigenvalue weighted by atomic mass is 9.76. The number of nitrogens with one attached hydrogen (secondary N) is 7. The molecule has 0 aromatic heterocycles. The van der Waals surface area contributed by atoms with Crippen LogP contribution < -0.4 is 42.4 Å². The van der Waals surface area contributed by atoms with Gasteiger partial charge in [-0.2, -0.15) is 0 Å². The second-order valence-corrected chi connectivity index (χ2v) is 20.8. The molecule has 2 aromatic carbocycles. The van der Waals surface area contributed by atoms with E-state index in [1.165, 1.54) is 42.2 Å². The van der Waals surface area contributed by atoms with Crippen LogP contribution in [0.2, 0.25) is 0 Å². The van der Waals surface area contributed by atoms with Gasteiger partial charge in [-0.25, -0.2) is 17.9 Å². The fourth-order valence-corrected chi connectivity index (χ4v) is 8.44. The van der Waals surface area contributed by atoms with Crippen LogP contribution in [-0.2, 0) is 44.2 Å². The Morgan fingerprint density at radius 3 is 1.90 bits per heavy atom. The quantitative estimate of drug-likeness (QED) is 0.0557. The summed E-state index contributed by atoms with van der Waals surface area (Å²) in [4.78, 5) is 93.3. The van der Waals surface area contributed by atoms with E-state index >= 15 is 0 Å². The average molecular weight is 954 g/mol. The molecule has 9 N–H and O–H groups in total. The van der Waals surface area contributed by atoms with E-state index in [9.17, 15) is 42.0 Å². The molecule has 0 heterocycles. The van der Waals surface area contributed by atoms with Crippen molar-refractivity contribution in [3.8, 4) is 0 Å². The summed E-state index contributed by atoms with van der Waals surface area (Å²) in [5.74, 6) is -3.78. The topological polar surface area (TPSA) is 267 Å². The van der Waals surface area contributed by atoms with Gasteiger partial charge in [0.1, 0.15) is 18.1 Å². The highest BCUT2D eigenvalue weighted by Gasteiger charge is 2.42. The van der Waals surface area contributed by atoms with Gasteiger partial charge in [-0.05, 0) is 80.3 Å². The van der Waals surface area contributed by atoms with Crippen LogP contribution in [0.15, 0.2) is 71.1 Å². The summed E-state index contributed by atoms with van der Waals surface area (Å²) < 4.78 is 29.0. The van der Waals surface area contributed by atoms with Crippen LogP contribution >= 0.6 is 0 Å². The van der Waals surface area contributed by atoms with Crippen LogP contribution in [0.3, 0.4) is 0 Å². The fraction of sp³-hybridized carbons (Fsp3) is 0.562. The summed E-state index contributed by atoms with van der Waals surface area (Å²) in [6.07, 6.45) is 2.65. The number of urea groups is 1. The average Bonchev–Trinajstić information content (AvgIpc) is 3.24. The number of nitrogens with two attached hydrogens (primary N) is 1. The zero-order valence-electron chi connectivity index (χ0n) is 41.5. The molecule has 0 aliphatic carbocycles. The maximum absolute atomic E-state index is 14.3. The zero-order chi connectivity index (χ0) is 51.0. The molecule has 0 saturated carbocycles. The van der Waals surface area contributed by atoms with Gasteiger partial charge in [0.15, 0.2) is 0 Å². The van der Waals surface area contributed by atoms with Gasteiger partial charge >= 0.3 is 6.03 Å². The van der Waals surface area contributed by atoms with Crippen molar-refractivity contribution in [3.63, 3.8) is 0 Å². The number of amides is 8. The number of sulfonamides is 1. The third-order valence-electron chi connectivity index (χ3n) is 11.5. The Kier molecular flexibility index (Phi) is 21.7. The summed E-state index contributed by atoms with van der Waals surface area (Å²) >= 11 is 0. The zero-order valence-corrected chi connectivity index (χ0v) is 42.3. The molecule has 0 saturated heterocycles. The molecule has 0 spiro atoms. The van der Waals surface area contributed by atoms with E-state index < -0.39 is 80.7 Å². The smallest absolute Gasteiger partial charge is 0.312 e. The van der Waals surface area contributed by atoms with Crippen LogP contribution in [0.5, 0.6) is 0 Å². The first-order valence-electron chi connectivity index (χ1n) is 22.7. The minimum atomic E-state index is -4.44. The number of carbonyl (C=O) groups excluding carboxylic acids is 7. The first-order chi connectivity index (χ1) is 31.1. The minimum Gasteiger partial charge on any atom is -0.352 e. The first-order valence-corrected chi connectivity index (χ1v) is 24.2. The molecule has 8 amide bonds. The second-order valence-electron chi connectivity index (χ2n) is 19.1. The van der Waals surface area contributed by atoms with Crippen molar-refractivity contribution in [2.75, 3.05) is 26.0 Å². The number of benzene rings is 2. The second kappa shape index (κ2) is 25.4. The highest BCUT2D eigenvalue weighted by atomic mass is 32.2. The van der Waals surface area contributed by atoms with E-state index in [-0.39, 0.29) is 65.6 Å². The van der Waals surface area contributed by atoms with Crippen molar-refractivity contribution in [2.24, 2.45) is 23.0 Å².